The molecule has 1 aromatic carbocycles. The smallest absolute Gasteiger partial charge is 0.269 e. The molecule has 0 saturated carbocycles. The Balaban J connectivity index is 1.90. The molecule has 0 aliphatic carbocycles. The molecule has 0 bridgehead atoms. The standard InChI is InChI=1S/C17H18Cl2N4O2/c1-9-6-14(20)11(15-16(24)22-5-4-21-15)8-23(9)17(25)10-2-3-12(18)13(19)7-10/h2-3,7,9H,4-6,8,20H2,1H3,(H,22,24)/t9-/m1/s1. The maximum absolute atomic E-state index is 12.9. The molecule has 3 rings (SSSR count). The highest BCUT2D eigenvalue weighted by Gasteiger charge is 2.32. The number of nitrogens with one attached hydrogen (secondary N) is 1. The quantitative estimate of drug-likeness (QED) is 0.822. The first-order valence-corrected chi connectivity index (χ1v) is 8.70. The van der Waals surface area contributed by atoms with Crippen LogP contribution in [0.5, 0.6) is 0 Å². The first-order chi connectivity index (χ1) is 11.9. The minimum Gasteiger partial charge on any atom is -0.402 e. The van der Waals surface area contributed by atoms with Gasteiger partial charge in [-0.15, -0.1) is 0 Å². The van der Waals surface area contributed by atoms with Gasteiger partial charge in [-0.2, -0.15) is 0 Å². The molecule has 2 amide bonds. The zero-order valence-electron chi connectivity index (χ0n) is 13.7. The third kappa shape index (κ3) is 3.50. The lowest BCUT2D eigenvalue weighted by molar-refractivity contribution is -0.115. The van der Waals surface area contributed by atoms with Gasteiger partial charge in [0, 0.05) is 35.8 Å². The summed E-state index contributed by atoms with van der Waals surface area (Å²) < 4.78 is 0. The van der Waals surface area contributed by atoms with Crippen molar-refractivity contribution in [2.24, 2.45) is 10.7 Å². The zero-order valence-corrected chi connectivity index (χ0v) is 15.2. The van der Waals surface area contributed by atoms with Gasteiger partial charge in [0.15, 0.2) is 0 Å². The van der Waals surface area contributed by atoms with Crippen LogP contribution in [0.25, 0.3) is 0 Å². The Morgan fingerprint density at radius 1 is 1.36 bits per heavy atom. The molecule has 8 heteroatoms. The maximum Gasteiger partial charge on any atom is 0.269 e. The van der Waals surface area contributed by atoms with Crippen molar-refractivity contribution in [3.05, 3.63) is 45.1 Å². The van der Waals surface area contributed by atoms with Crippen molar-refractivity contribution in [1.82, 2.24) is 10.2 Å². The van der Waals surface area contributed by atoms with Gasteiger partial charge < -0.3 is 16.0 Å². The molecular formula is C17H18Cl2N4O2. The van der Waals surface area contributed by atoms with Gasteiger partial charge in [-0.3, -0.25) is 14.6 Å². The highest BCUT2D eigenvalue weighted by atomic mass is 35.5. The number of benzene rings is 1. The molecule has 0 aromatic heterocycles. The van der Waals surface area contributed by atoms with E-state index in [4.69, 9.17) is 28.9 Å². The van der Waals surface area contributed by atoms with Gasteiger partial charge in [0.1, 0.15) is 5.71 Å². The van der Waals surface area contributed by atoms with Crippen molar-refractivity contribution in [1.29, 1.82) is 0 Å². The van der Waals surface area contributed by atoms with E-state index in [0.29, 0.717) is 52.1 Å². The van der Waals surface area contributed by atoms with Crippen molar-refractivity contribution >= 4 is 40.7 Å². The van der Waals surface area contributed by atoms with E-state index >= 15 is 0 Å². The first kappa shape index (κ1) is 17.8. The molecular weight excluding hydrogens is 363 g/mol. The van der Waals surface area contributed by atoms with E-state index < -0.39 is 0 Å². The molecule has 132 valence electrons. The number of aliphatic imine (C=N–C) groups is 1. The fourth-order valence-corrected chi connectivity index (χ4v) is 3.30. The molecule has 2 aliphatic rings. The summed E-state index contributed by atoms with van der Waals surface area (Å²) in [5, 5.41) is 3.47. The fraction of sp³-hybridized carbons (Fsp3) is 0.353. The fourth-order valence-electron chi connectivity index (χ4n) is 3.00. The summed E-state index contributed by atoms with van der Waals surface area (Å²) in [5.41, 5.74) is 8.13. The van der Waals surface area contributed by atoms with E-state index in [9.17, 15) is 9.59 Å². The van der Waals surface area contributed by atoms with Crippen LogP contribution < -0.4 is 11.1 Å². The molecule has 0 unspecified atom stereocenters. The number of carbonyl (C=O) groups is 2. The minimum atomic E-state index is -0.249. The predicted molar refractivity (Wildman–Crippen MR) is 98.1 cm³/mol. The van der Waals surface area contributed by atoms with Crippen molar-refractivity contribution in [2.75, 3.05) is 19.6 Å². The van der Waals surface area contributed by atoms with E-state index in [0.717, 1.165) is 0 Å². The second-order valence-electron chi connectivity index (χ2n) is 6.11. The lowest BCUT2D eigenvalue weighted by atomic mass is 9.95. The summed E-state index contributed by atoms with van der Waals surface area (Å²) in [6.45, 7) is 3.17. The highest BCUT2D eigenvalue weighted by Crippen LogP contribution is 2.27. The normalized spacial score (nSPS) is 21.1. The number of carbonyl (C=O) groups excluding carboxylic acids is 2. The molecule has 0 spiro atoms. The lowest BCUT2D eigenvalue weighted by Crippen LogP contribution is -2.48. The Labute approximate surface area is 155 Å². The maximum atomic E-state index is 12.9. The molecule has 1 aromatic rings. The first-order valence-electron chi connectivity index (χ1n) is 7.95. The number of amides is 2. The number of hydrogen-bond acceptors (Lipinski definition) is 4. The third-order valence-corrected chi connectivity index (χ3v) is 5.10. The van der Waals surface area contributed by atoms with Crippen molar-refractivity contribution in [2.45, 2.75) is 19.4 Å². The molecule has 0 fully saturated rings. The molecule has 6 nitrogen and oxygen atoms in total. The SMILES string of the molecule is C[C@@H]1CC(N)=C(C2=NCCNC2=O)CN1C(=O)c1ccc(Cl)c(Cl)c1. The van der Waals surface area contributed by atoms with Gasteiger partial charge >= 0.3 is 0 Å². The predicted octanol–water partition coefficient (Wildman–Crippen LogP) is 2.01. The molecule has 3 N–H and O–H groups in total. The van der Waals surface area contributed by atoms with Gasteiger partial charge in [0.05, 0.1) is 23.1 Å². The monoisotopic (exact) mass is 380 g/mol. The molecule has 0 saturated heterocycles. The Kier molecular flexibility index (Phi) is 5.01. The van der Waals surface area contributed by atoms with Crippen molar-refractivity contribution in [3.63, 3.8) is 0 Å². The number of nitrogens with zero attached hydrogens (tertiary/aromatic N) is 2. The second-order valence-corrected chi connectivity index (χ2v) is 6.92. The number of nitrogens with two attached hydrogens (primary N) is 1. The van der Waals surface area contributed by atoms with Crippen LogP contribution >= 0.6 is 23.2 Å². The summed E-state index contributed by atoms with van der Waals surface area (Å²) in [6, 6.07) is 4.67. The zero-order chi connectivity index (χ0) is 18.1. The summed E-state index contributed by atoms with van der Waals surface area (Å²) >= 11 is 11.9. The number of halogens is 2. The lowest BCUT2D eigenvalue weighted by Gasteiger charge is -2.36. The number of rotatable bonds is 2. The van der Waals surface area contributed by atoms with Crippen molar-refractivity contribution in [3.8, 4) is 0 Å². The van der Waals surface area contributed by atoms with Crippen LogP contribution in [0, 0.1) is 0 Å². The van der Waals surface area contributed by atoms with E-state index in [1.165, 1.54) is 0 Å². The van der Waals surface area contributed by atoms with Crippen LogP contribution in [0.15, 0.2) is 34.5 Å². The Morgan fingerprint density at radius 3 is 2.80 bits per heavy atom. The summed E-state index contributed by atoms with van der Waals surface area (Å²) in [7, 11) is 0. The average molecular weight is 381 g/mol. The van der Waals surface area contributed by atoms with E-state index in [1.54, 1.807) is 23.1 Å². The largest absolute Gasteiger partial charge is 0.402 e. The van der Waals surface area contributed by atoms with Crippen LogP contribution in [0.1, 0.15) is 23.7 Å². The van der Waals surface area contributed by atoms with Gasteiger partial charge in [-0.1, -0.05) is 23.2 Å². The van der Waals surface area contributed by atoms with Crippen LogP contribution in [-0.2, 0) is 4.79 Å². The second kappa shape index (κ2) is 7.06. The molecule has 0 radical (unpaired) electrons. The van der Waals surface area contributed by atoms with Gasteiger partial charge in [-0.25, -0.2) is 0 Å². The third-order valence-electron chi connectivity index (χ3n) is 4.36. The summed E-state index contributed by atoms with van der Waals surface area (Å²) in [5.74, 6) is -0.437. The Hall–Kier alpha value is -2.05. The van der Waals surface area contributed by atoms with E-state index in [2.05, 4.69) is 10.3 Å². The molecule has 2 aliphatic heterocycles. The summed E-state index contributed by atoms with van der Waals surface area (Å²) in [4.78, 5) is 31.0. The van der Waals surface area contributed by atoms with Crippen molar-refractivity contribution < 1.29 is 9.59 Å². The topological polar surface area (TPSA) is 87.8 Å². The van der Waals surface area contributed by atoms with Gasteiger partial charge in [-0.05, 0) is 25.1 Å². The van der Waals surface area contributed by atoms with Gasteiger partial charge in [0.2, 0.25) is 0 Å². The molecule has 1 atom stereocenters. The molecule has 2 heterocycles. The highest BCUT2D eigenvalue weighted by molar-refractivity contribution is 6.46. The van der Waals surface area contributed by atoms with Crippen LogP contribution in [-0.4, -0.2) is 48.1 Å². The number of hydrogen-bond donors (Lipinski definition) is 2. The van der Waals surface area contributed by atoms with Crippen LogP contribution in [0.3, 0.4) is 0 Å². The summed E-state index contributed by atoms with van der Waals surface area (Å²) in [6.07, 6.45) is 0.481. The van der Waals surface area contributed by atoms with Crippen LogP contribution in [0.2, 0.25) is 10.0 Å². The van der Waals surface area contributed by atoms with Crippen LogP contribution in [0.4, 0.5) is 0 Å². The molecule has 25 heavy (non-hydrogen) atoms. The Bertz CT molecular complexity index is 804. The average Bonchev–Trinajstić information content (AvgIpc) is 2.58. The van der Waals surface area contributed by atoms with E-state index in [1.807, 2.05) is 6.92 Å². The minimum absolute atomic E-state index is 0.0991. The van der Waals surface area contributed by atoms with Gasteiger partial charge in [0.25, 0.3) is 11.8 Å². The van der Waals surface area contributed by atoms with E-state index in [-0.39, 0.29) is 24.4 Å². The Morgan fingerprint density at radius 2 is 2.12 bits per heavy atom.